The Hall–Kier alpha value is -1.71. The van der Waals surface area contributed by atoms with Crippen molar-refractivity contribution in [3.05, 3.63) is 17.7 Å². The van der Waals surface area contributed by atoms with E-state index >= 15 is 0 Å². The molecule has 104 valence electrons. The number of fused-ring (bicyclic) bond motifs is 1. The molecule has 0 spiro atoms. The Morgan fingerprint density at radius 3 is 2.63 bits per heavy atom. The monoisotopic (exact) mass is 261 g/mol. The second-order valence-electron chi connectivity index (χ2n) is 6.53. The fourth-order valence-corrected chi connectivity index (χ4v) is 2.56. The van der Waals surface area contributed by atoms with Gasteiger partial charge in [0.25, 0.3) is 0 Å². The van der Waals surface area contributed by atoms with Crippen molar-refractivity contribution in [3.8, 4) is 0 Å². The zero-order valence-electron chi connectivity index (χ0n) is 12.2. The number of nitrogens with zero attached hydrogens (tertiary/aromatic N) is 1. The minimum atomic E-state index is 0.0719. The van der Waals surface area contributed by atoms with E-state index in [1.165, 1.54) is 5.56 Å². The molecular weight excluding hydrogens is 238 g/mol. The highest BCUT2D eigenvalue weighted by Crippen LogP contribution is 2.33. The molecule has 0 aliphatic carbocycles. The Morgan fingerprint density at radius 2 is 2.00 bits per heavy atom. The van der Waals surface area contributed by atoms with Crippen LogP contribution in [0.3, 0.4) is 0 Å². The largest absolute Gasteiger partial charge is 0.397 e. The third kappa shape index (κ3) is 3.19. The summed E-state index contributed by atoms with van der Waals surface area (Å²) in [6.45, 7) is 7.55. The van der Waals surface area contributed by atoms with E-state index in [-0.39, 0.29) is 11.3 Å². The summed E-state index contributed by atoms with van der Waals surface area (Å²) in [6, 6.07) is 3.98. The van der Waals surface area contributed by atoms with Crippen LogP contribution in [-0.4, -0.2) is 19.5 Å². The number of anilines is 3. The molecule has 0 atom stereocenters. The number of hydrogen-bond donors (Lipinski definition) is 2. The van der Waals surface area contributed by atoms with Gasteiger partial charge in [0, 0.05) is 25.7 Å². The topological polar surface area (TPSA) is 58.4 Å². The van der Waals surface area contributed by atoms with E-state index in [1.807, 2.05) is 6.07 Å². The van der Waals surface area contributed by atoms with E-state index in [4.69, 9.17) is 5.73 Å². The number of rotatable bonds is 2. The summed E-state index contributed by atoms with van der Waals surface area (Å²) in [5, 5.41) is 2.88. The van der Waals surface area contributed by atoms with Crippen LogP contribution in [0.4, 0.5) is 17.1 Å². The van der Waals surface area contributed by atoms with E-state index in [1.54, 1.807) is 0 Å². The minimum Gasteiger partial charge on any atom is -0.397 e. The molecule has 0 bridgehead atoms. The number of nitrogens with one attached hydrogen (secondary N) is 1. The van der Waals surface area contributed by atoms with E-state index in [9.17, 15) is 4.79 Å². The number of amides is 1. The first-order valence-electron chi connectivity index (χ1n) is 6.70. The Morgan fingerprint density at radius 1 is 1.32 bits per heavy atom. The highest BCUT2D eigenvalue weighted by molar-refractivity contribution is 5.95. The summed E-state index contributed by atoms with van der Waals surface area (Å²) < 4.78 is 0. The lowest BCUT2D eigenvalue weighted by atomic mass is 9.95. The van der Waals surface area contributed by atoms with Crippen LogP contribution in [0.5, 0.6) is 0 Å². The summed E-state index contributed by atoms with van der Waals surface area (Å²) in [5.74, 6) is 0.0719. The van der Waals surface area contributed by atoms with Gasteiger partial charge in [-0.2, -0.15) is 0 Å². The second-order valence-corrected chi connectivity index (χ2v) is 6.53. The molecule has 1 aromatic carbocycles. The molecule has 0 saturated heterocycles. The summed E-state index contributed by atoms with van der Waals surface area (Å²) in [5.41, 5.74) is 10.1. The lowest BCUT2D eigenvalue weighted by Crippen LogP contribution is -2.30. The van der Waals surface area contributed by atoms with Crippen molar-refractivity contribution in [1.82, 2.24) is 0 Å². The standard InChI is InChI=1S/C15H23N3O/c1-15(2,3)9-18(4)13-7-10-5-6-14(19)17-12(10)8-11(13)16/h7-8H,5-6,9,16H2,1-4H3,(H,17,19). The van der Waals surface area contributed by atoms with Crippen molar-refractivity contribution >= 4 is 23.0 Å². The normalized spacial score (nSPS) is 14.8. The predicted molar refractivity (Wildman–Crippen MR) is 80.5 cm³/mol. The summed E-state index contributed by atoms with van der Waals surface area (Å²) in [7, 11) is 2.06. The zero-order valence-corrected chi connectivity index (χ0v) is 12.2. The molecular formula is C15H23N3O. The maximum absolute atomic E-state index is 11.4. The van der Waals surface area contributed by atoms with Crippen molar-refractivity contribution < 1.29 is 4.79 Å². The highest BCUT2D eigenvalue weighted by Gasteiger charge is 2.20. The van der Waals surface area contributed by atoms with E-state index in [2.05, 4.69) is 44.1 Å². The number of nitrogens with two attached hydrogens (primary N) is 1. The van der Waals surface area contributed by atoms with Gasteiger partial charge in [0.1, 0.15) is 0 Å². The van der Waals surface area contributed by atoms with Crippen LogP contribution >= 0.6 is 0 Å². The Bertz CT molecular complexity index is 503. The summed E-state index contributed by atoms with van der Waals surface area (Å²) >= 11 is 0. The number of carbonyl (C=O) groups excluding carboxylic acids is 1. The quantitative estimate of drug-likeness (QED) is 0.805. The summed E-state index contributed by atoms with van der Waals surface area (Å²) in [4.78, 5) is 13.6. The molecule has 0 aromatic heterocycles. The van der Waals surface area contributed by atoms with Crippen LogP contribution in [0.15, 0.2) is 12.1 Å². The van der Waals surface area contributed by atoms with Crippen molar-refractivity contribution in [2.24, 2.45) is 5.41 Å². The first-order chi connectivity index (χ1) is 8.76. The van der Waals surface area contributed by atoms with Gasteiger partial charge in [-0.15, -0.1) is 0 Å². The van der Waals surface area contributed by atoms with Gasteiger partial charge in [0.05, 0.1) is 11.4 Å². The third-order valence-corrected chi connectivity index (χ3v) is 3.27. The average Bonchev–Trinajstić information content (AvgIpc) is 2.25. The van der Waals surface area contributed by atoms with Gasteiger partial charge < -0.3 is 16.0 Å². The molecule has 2 rings (SSSR count). The molecule has 0 unspecified atom stereocenters. The van der Waals surface area contributed by atoms with Crippen molar-refractivity contribution in [3.63, 3.8) is 0 Å². The molecule has 0 saturated carbocycles. The van der Waals surface area contributed by atoms with Crippen molar-refractivity contribution in [1.29, 1.82) is 0 Å². The Balaban J connectivity index is 2.30. The SMILES string of the molecule is CN(CC(C)(C)C)c1cc2c(cc1N)NC(=O)CC2. The van der Waals surface area contributed by atoms with Crippen molar-refractivity contribution in [2.45, 2.75) is 33.6 Å². The van der Waals surface area contributed by atoms with Gasteiger partial charge in [-0.05, 0) is 29.5 Å². The van der Waals surface area contributed by atoms with Gasteiger partial charge in [0.15, 0.2) is 0 Å². The molecule has 1 aliphatic heterocycles. The fourth-order valence-electron chi connectivity index (χ4n) is 2.56. The smallest absolute Gasteiger partial charge is 0.224 e. The lowest BCUT2D eigenvalue weighted by molar-refractivity contribution is -0.116. The molecule has 1 aromatic rings. The predicted octanol–water partition coefficient (Wildman–Crippen LogP) is 2.64. The van der Waals surface area contributed by atoms with Crippen LogP contribution in [0.1, 0.15) is 32.8 Å². The van der Waals surface area contributed by atoms with Crippen molar-refractivity contribution in [2.75, 3.05) is 29.5 Å². The van der Waals surface area contributed by atoms with E-state index < -0.39 is 0 Å². The minimum absolute atomic E-state index is 0.0719. The number of benzene rings is 1. The fraction of sp³-hybridized carbons (Fsp3) is 0.533. The number of nitrogen functional groups attached to an aromatic ring is 1. The molecule has 19 heavy (non-hydrogen) atoms. The van der Waals surface area contributed by atoms with Gasteiger partial charge in [-0.1, -0.05) is 20.8 Å². The van der Waals surface area contributed by atoms with Gasteiger partial charge in [0.2, 0.25) is 5.91 Å². The highest BCUT2D eigenvalue weighted by atomic mass is 16.1. The maximum Gasteiger partial charge on any atom is 0.224 e. The van der Waals surface area contributed by atoms with Crippen LogP contribution in [0.25, 0.3) is 0 Å². The molecule has 0 fully saturated rings. The third-order valence-electron chi connectivity index (χ3n) is 3.27. The maximum atomic E-state index is 11.4. The number of hydrogen-bond acceptors (Lipinski definition) is 3. The molecule has 1 heterocycles. The second kappa shape index (κ2) is 4.76. The van der Waals surface area contributed by atoms with Crippen LogP contribution < -0.4 is 16.0 Å². The molecule has 4 nitrogen and oxygen atoms in total. The average molecular weight is 261 g/mol. The molecule has 0 radical (unpaired) electrons. The number of aryl methyl sites for hydroxylation is 1. The number of carbonyl (C=O) groups is 1. The lowest BCUT2D eigenvalue weighted by Gasteiger charge is -2.30. The molecule has 3 N–H and O–H groups in total. The van der Waals surface area contributed by atoms with Gasteiger partial charge in [-0.3, -0.25) is 4.79 Å². The van der Waals surface area contributed by atoms with E-state index in [0.717, 1.165) is 24.3 Å². The first kappa shape index (κ1) is 13.7. The molecule has 1 amide bonds. The first-order valence-corrected chi connectivity index (χ1v) is 6.70. The van der Waals surface area contributed by atoms with Crippen LogP contribution in [0, 0.1) is 5.41 Å². The molecule has 4 heteroatoms. The van der Waals surface area contributed by atoms with Crippen LogP contribution in [-0.2, 0) is 11.2 Å². The van der Waals surface area contributed by atoms with E-state index in [0.29, 0.717) is 12.1 Å². The Kier molecular flexibility index (Phi) is 3.43. The van der Waals surface area contributed by atoms with Crippen LogP contribution in [0.2, 0.25) is 0 Å². The molecule has 1 aliphatic rings. The summed E-state index contributed by atoms with van der Waals surface area (Å²) in [6.07, 6.45) is 1.34. The zero-order chi connectivity index (χ0) is 14.2. The van der Waals surface area contributed by atoms with Gasteiger partial charge >= 0.3 is 0 Å². The Labute approximate surface area is 115 Å². The van der Waals surface area contributed by atoms with Gasteiger partial charge in [-0.25, -0.2) is 0 Å².